The molecule has 0 atom stereocenters. The maximum Gasteiger partial charge on any atom is 0.254 e. The van der Waals surface area contributed by atoms with Crippen LogP contribution in [0.4, 0.5) is 5.69 Å². The Balaban J connectivity index is 1.79. The maximum absolute atomic E-state index is 12.6. The average Bonchev–Trinajstić information content (AvgIpc) is 2.55. The lowest BCUT2D eigenvalue weighted by Crippen LogP contribution is -2.58. The van der Waals surface area contributed by atoms with Crippen LogP contribution in [0.5, 0.6) is 0 Å². The number of nitriles is 1. The van der Waals surface area contributed by atoms with Crippen molar-refractivity contribution in [2.75, 3.05) is 18.8 Å². The Bertz CT molecular complexity index is 1020. The van der Waals surface area contributed by atoms with Gasteiger partial charge in [0, 0.05) is 36.3 Å². The molecule has 28 heavy (non-hydrogen) atoms. The molecule has 0 spiro atoms. The van der Waals surface area contributed by atoms with E-state index in [1.807, 2.05) is 6.07 Å². The van der Waals surface area contributed by atoms with Gasteiger partial charge in [-0.15, -0.1) is 0 Å². The highest BCUT2D eigenvalue weighted by Crippen LogP contribution is 2.27. The third-order valence-corrected chi connectivity index (χ3v) is 5.18. The average molecular weight is 381 g/mol. The first-order chi connectivity index (χ1) is 13.1. The molecule has 0 bridgehead atoms. The summed E-state index contributed by atoms with van der Waals surface area (Å²) in [5.41, 5.74) is 6.56. The summed E-state index contributed by atoms with van der Waals surface area (Å²) < 4.78 is 1.32. The number of hydrogen-bond donors (Lipinski definition) is 2. The van der Waals surface area contributed by atoms with Gasteiger partial charge in [0.2, 0.25) is 5.91 Å². The van der Waals surface area contributed by atoms with Crippen molar-refractivity contribution in [1.29, 1.82) is 5.26 Å². The zero-order valence-electron chi connectivity index (χ0n) is 16.1. The van der Waals surface area contributed by atoms with Gasteiger partial charge in [-0.25, -0.2) is 4.98 Å². The van der Waals surface area contributed by atoms with Gasteiger partial charge >= 0.3 is 0 Å². The molecule has 0 aliphatic carbocycles. The van der Waals surface area contributed by atoms with Crippen LogP contribution in [-0.4, -0.2) is 44.2 Å². The molecule has 8 nitrogen and oxygen atoms in total. The number of benzene rings is 1. The van der Waals surface area contributed by atoms with E-state index in [-0.39, 0.29) is 23.9 Å². The lowest BCUT2D eigenvalue weighted by molar-refractivity contribution is -0.145. The number of nitrogens with zero attached hydrogens (tertiary/aromatic N) is 4. The number of carbonyl (C=O) groups excluding carboxylic acids is 1. The molecule has 3 rings (SSSR count). The Morgan fingerprint density at radius 2 is 2.07 bits per heavy atom. The van der Waals surface area contributed by atoms with Crippen LogP contribution in [0.15, 0.2) is 29.1 Å². The van der Waals surface area contributed by atoms with Crippen LogP contribution in [0.2, 0.25) is 0 Å². The topological polar surface area (TPSA) is 125 Å². The SMILES string of the molecule is Cc1nc(-c2ccc(C#N)cc2N)cc(=O)n1CC(=O)N1CC(C(C)(C)O)C1. The summed E-state index contributed by atoms with van der Waals surface area (Å²) in [6, 6.07) is 8.15. The van der Waals surface area contributed by atoms with E-state index < -0.39 is 5.60 Å². The first-order valence-corrected chi connectivity index (χ1v) is 8.98. The van der Waals surface area contributed by atoms with Gasteiger partial charge in [0.1, 0.15) is 12.4 Å². The maximum atomic E-state index is 12.6. The molecule has 1 amide bonds. The van der Waals surface area contributed by atoms with Crippen molar-refractivity contribution in [2.45, 2.75) is 32.9 Å². The quantitative estimate of drug-likeness (QED) is 0.758. The van der Waals surface area contributed by atoms with Gasteiger partial charge in [0.05, 0.1) is 22.9 Å². The number of aromatic nitrogens is 2. The van der Waals surface area contributed by atoms with E-state index in [4.69, 9.17) is 11.0 Å². The predicted molar refractivity (Wildman–Crippen MR) is 104 cm³/mol. The third kappa shape index (κ3) is 3.75. The van der Waals surface area contributed by atoms with Gasteiger partial charge in [-0.3, -0.25) is 14.2 Å². The Kier molecular flexibility index (Phi) is 4.96. The summed E-state index contributed by atoms with van der Waals surface area (Å²) in [5, 5.41) is 18.9. The Labute approximate surface area is 162 Å². The number of aryl methyl sites for hydroxylation is 1. The zero-order chi connectivity index (χ0) is 20.6. The molecule has 146 valence electrons. The summed E-state index contributed by atoms with van der Waals surface area (Å²) in [5.74, 6) is 0.256. The van der Waals surface area contributed by atoms with E-state index in [1.54, 1.807) is 37.8 Å². The Morgan fingerprint density at radius 3 is 2.61 bits per heavy atom. The van der Waals surface area contributed by atoms with Crippen LogP contribution in [0.25, 0.3) is 11.3 Å². The van der Waals surface area contributed by atoms with E-state index in [9.17, 15) is 14.7 Å². The minimum Gasteiger partial charge on any atom is -0.398 e. The molecule has 1 aliphatic rings. The zero-order valence-corrected chi connectivity index (χ0v) is 16.1. The van der Waals surface area contributed by atoms with E-state index in [2.05, 4.69) is 4.98 Å². The number of anilines is 1. The van der Waals surface area contributed by atoms with Crippen LogP contribution in [-0.2, 0) is 11.3 Å². The van der Waals surface area contributed by atoms with Crippen LogP contribution in [0, 0.1) is 24.2 Å². The second kappa shape index (κ2) is 7.09. The number of rotatable bonds is 4. The molecule has 1 fully saturated rings. The fourth-order valence-corrected chi connectivity index (χ4v) is 3.18. The van der Waals surface area contributed by atoms with Gasteiger partial charge in [-0.05, 0) is 39.0 Å². The molecule has 1 saturated heterocycles. The number of aliphatic hydroxyl groups is 1. The number of hydrogen-bond acceptors (Lipinski definition) is 6. The van der Waals surface area contributed by atoms with Gasteiger partial charge in [-0.2, -0.15) is 5.26 Å². The summed E-state index contributed by atoms with van der Waals surface area (Å²) in [7, 11) is 0. The Morgan fingerprint density at radius 1 is 1.39 bits per heavy atom. The molecule has 0 unspecified atom stereocenters. The molecular weight excluding hydrogens is 358 g/mol. The van der Waals surface area contributed by atoms with Crippen molar-refractivity contribution in [3.8, 4) is 17.3 Å². The van der Waals surface area contributed by atoms with E-state index in [1.165, 1.54) is 16.7 Å². The minimum atomic E-state index is -0.826. The lowest BCUT2D eigenvalue weighted by Gasteiger charge is -2.45. The van der Waals surface area contributed by atoms with Crippen molar-refractivity contribution in [1.82, 2.24) is 14.5 Å². The summed E-state index contributed by atoms with van der Waals surface area (Å²) in [4.78, 5) is 31.1. The highest BCUT2D eigenvalue weighted by atomic mass is 16.3. The van der Waals surface area contributed by atoms with Crippen molar-refractivity contribution in [3.63, 3.8) is 0 Å². The van der Waals surface area contributed by atoms with Crippen LogP contribution >= 0.6 is 0 Å². The molecule has 0 radical (unpaired) electrons. The number of nitrogen functional groups attached to an aromatic ring is 1. The third-order valence-electron chi connectivity index (χ3n) is 5.18. The fraction of sp³-hybridized carbons (Fsp3) is 0.400. The normalized spacial score (nSPS) is 14.5. The highest BCUT2D eigenvalue weighted by molar-refractivity contribution is 5.77. The molecule has 8 heteroatoms. The van der Waals surface area contributed by atoms with Crippen molar-refractivity contribution < 1.29 is 9.90 Å². The number of amides is 1. The monoisotopic (exact) mass is 381 g/mol. The van der Waals surface area contributed by atoms with E-state index in [0.717, 1.165) is 0 Å². The summed E-state index contributed by atoms with van der Waals surface area (Å²) in [6.07, 6.45) is 0. The largest absolute Gasteiger partial charge is 0.398 e. The predicted octanol–water partition coefficient (Wildman–Crippen LogP) is 0.902. The van der Waals surface area contributed by atoms with Gasteiger partial charge < -0.3 is 15.7 Å². The second-order valence-electron chi connectivity index (χ2n) is 7.68. The van der Waals surface area contributed by atoms with Gasteiger partial charge in [-0.1, -0.05) is 0 Å². The first-order valence-electron chi connectivity index (χ1n) is 8.98. The van der Waals surface area contributed by atoms with Crippen molar-refractivity contribution in [3.05, 3.63) is 46.0 Å². The molecule has 1 aliphatic heterocycles. The summed E-state index contributed by atoms with van der Waals surface area (Å²) >= 11 is 0. The summed E-state index contributed by atoms with van der Waals surface area (Å²) in [6.45, 7) is 5.97. The number of carbonyl (C=O) groups is 1. The van der Waals surface area contributed by atoms with E-state index in [0.29, 0.717) is 41.4 Å². The number of nitrogens with two attached hydrogens (primary N) is 1. The first kappa shape index (κ1) is 19.6. The second-order valence-corrected chi connectivity index (χ2v) is 7.68. The van der Waals surface area contributed by atoms with Crippen LogP contribution in [0.3, 0.4) is 0 Å². The van der Waals surface area contributed by atoms with Gasteiger partial charge in [0.15, 0.2) is 0 Å². The molecule has 0 saturated carbocycles. The van der Waals surface area contributed by atoms with Gasteiger partial charge in [0.25, 0.3) is 5.56 Å². The smallest absolute Gasteiger partial charge is 0.254 e. The number of likely N-dealkylation sites (tertiary alicyclic amines) is 1. The fourth-order valence-electron chi connectivity index (χ4n) is 3.18. The van der Waals surface area contributed by atoms with Crippen molar-refractivity contribution >= 4 is 11.6 Å². The minimum absolute atomic E-state index is 0.0362. The molecule has 3 N–H and O–H groups in total. The molecular formula is C20H23N5O3. The Hall–Kier alpha value is -3.18. The highest BCUT2D eigenvalue weighted by Gasteiger charge is 2.39. The lowest BCUT2D eigenvalue weighted by atomic mass is 9.84. The standard InChI is InChI=1S/C20H23N5O3/c1-12-23-17(15-5-4-13(8-21)6-16(15)22)7-18(26)25(12)11-19(27)24-9-14(10-24)20(2,3)28/h4-7,14,28H,9-11,22H2,1-3H3. The molecule has 2 aromatic rings. The van der Waals surface area contributed by atoms with E-state index >= 15 is 0 Å². The van der Waals surface area contributed by atoms with Crippen LogP contribution in [0.1, 0.15) is 25.2 Å². The van der Waals surface area contributed by atoms with Crippen LogP contribution < -0.4 is 11.3 Å². The molecule has 2 heterocycles. The molecule has 1 aromatic carbocycles. The molecule has 1 aromatic heterocycles. The van der Waals surface area contributed by atoms with Crippen molar-refractivity contribution in [2.24, 2.45) is 5.92 Å².